The van der Waals surface area contributed by atoms with E-state index in [1.165, 1.54) is 110 Å². The molecule has 13 heteroatoms. The molecule has 0 amide bonds. The summed E-state index contributed by atoms with van der Waals surface area (Å²) in [6.07, 6.45) is 18.7. The predicted molar refractivity (Wildman–Crippen MR) is 206 cm³/mol. The van der Waals surface area contributed by atoms with Gasteiger partial charge in [0, 0.05) is 47.5 Å². The SMILES string of the molecule is CC(=O)OC[C@H]1O[C@H](OCCC(=O)CCCCCCCCCCCCCCCCCCCCC[C@@H](C)OC(C)=O)[C@H](OC(C)=O)[C@@H](OC(C)=O)[C@@H]1OC(C)=O. The lowest BCUT2D eigenvalue weighted by Gasteiger charge is -2.44. The number of hydrogen-bond acceptors (Lipinski definition) is 13. The maximum Gasteiger partial charge on any atom is 0.303 e. The van der Waals surface area contributed by atoms with Crippen molar-refractivity contribution in [3.63, 3.8) is 0 Å². The maximum atomic E-state index is 12.6. The molecule has 0 saturated carbocycles. The molecule has 0 radical (unpaired) electrons. The van der Waals surface area contributed by atoms with Crippen LogP contribution in [0.3, 0.4) is 0 Å². The van der Waals surface area contributed by atoms with E-state index in [2.05, 4.69) is 0 Å². The van der Waals surface area contributed by atoms with Gasteiger partial charge in [-0.2, -0.15) is 0 Å². The molecule has 1 rings (SSSR count). The maximum absolute atomic E-state index is 12.6. The van der Waals surface area contributed by atoms with E-state index in [1.807, 2.05) is 6.92 Å². The van der Waals surface area contributed by atoms with Crippen LogP contribution in [0.2, 0.25) is 0 Å². The Hall–Kier alpha value is -3.06. The lowest BCUT2D eigenvalue weighted by atomic mass is 9.98. The molecule has 1 aliphatic rings. The van der Waals surface area contributed by atoms with Crippen LogP contribution in [-0.2, 0) is 61.9 Å². The second-order valence-corrected chi connectivity index (χ2v) is 14.9. The minimum absolute atomic E-state index is 0.0290. The highest BCUT2D eigenvalue weighted by molar-refractivity contribution is 5.78. The zero-order valence-electron chi connectivity index (χ0n) is 34.7. The second kappa shape index (κ2) is 31.1. The van der Waals surface area contributed by atoms with Crippen molar-refractivity contribution in [1.82, 2.24) is 0 Å². The van der Waals surface area contributed by atoms with Crippen molar-refractivity contribution in [2.24, 2.45) is 0 Å². The standard InChI is InChI=1S/C42H72O13/c1-31(51-33(3)44)26-24-22-20-18-16-14-12-10-8-7-9-11-13-15-17-19-21-23-25-27-37(48)28-29-49-42-41(54-36(6)47)40(53-35(5)46)39(52-34(4)45)38(55-42)30-50-32(2)43/h31,38-42H,7-30H2,1-6H3/t31-,38-,39-,40+,41-,42+/m1/s1. The highest BCUT2D eigenvalue weighted by Crippen LogP contribution is 2.30. The average molecular weight is 785 g/mol. The molecule has 1 saturated heterocycles. The first-order valence-corrected chi connectivity index (χ1v) is 20.9. The number of carbonyl (C=O) groups is 6. The minimum Gasteiger partial charge on any atom is -0.463 e. The van der Waals surface area contributed by atoms with E-state index < -0.39 is 54.6 Å². The van der Waals surface area contributed by atoms with E-state index in [9.17, 15) is 28.8 Å². The van der Waals surface area contributed by atoms with Crippen LogP contribution in [0.15, 0.2) is 0 Å². The van der Waals surface area contributed by atoms with Gasteiger partial charge in [-0.1, -0.05) is 109 Å². The first-order valence-electron chi connectivity index (χ1n) is 20.9. The molecule has 318 valence electrons. The molecule has 55 heavy (non-hydrogen) atoms. The summed E-state index contributed by atoms with van der Waals surface area (Å²) in [7, 11) is 0. The van der Waals surface area contributed by atoms with Crippen LogP contribution in [-0.4, -0.2) is 85.7 Å². The van der Waals surface area contributed by atoms with Gasteiger partial charge in [-0.25, -0.2) is 0 Å². The summed E-state index contributed by atoms with van der Waals surface area (Å²) in [6.45, 7) is 7.71. The Bertz CT molecular complexity index is 1110. The van der Waals surface area contributed by atoms with Crippen LogP contribution < -0.4 is 0 Å². The molecule has 0 aliphatic carbocycles. The summed E-state index contributed by atoms with van der Waals surface area (Å²) in [5.41, 5.74) is 0. The fraction of sp³-hybridized carbons (Fsp3) is 0.857. The van der Waals surface area contributed by atoms with Gasteiger partial charge in [0.15, 0.2) is 24.6 Å². The number of carbonyl (C=O) groups excluding carboxylic acids is 6. The van der Waals surface area contributed by atoms with Gasteiger partial charge in [0.25, 0.3) is 0 Å². The molecule has 13 nitrogen and oxygen atoms in total. The van der Waals surface area contributed by atoms with Gasteiger partial charge in [0.1, 0.15) is 18.5 Å². The molecule has 0 bridgehead atoms. The number of esters is 5. The topological polar surface area (TPSA) is 167 Å². The lowest BCUT2D eigenvalue weighted by Crippen LogP contribution is -2.63. The molecule has 6 atom stereocenters. The van der Waals surface area contributed by atoms with Crippen molar-refractivity contribution in [2.75, 3.05) is 13.2 Å². The number of rotatable bonds is 32. The first-order chi connectivity index (χ1) is 26.3. The number of ketones is 1. The number of ether oxygens (including phenoxy) is 7. The summed E-state index contributed by atoms with van der Waals surface area (Å²) in [6, 6.07) is 0. The Morgan fingerprint density at radius 1 is 0.491 bits per heavy atom. The van der Waals surface area contributed by atoms with Crippen molar-refractivity contribution >= 4 is 35.6 Å². The molecule has 0 aromatic rings. The van der Waals surface area contributed by atoms with Gasteiger partial charge in [-0.3, -0.25) is 28.8 Å². The summed E-state index contributed by atoms with van der Waals surface area (Å²) in [4.78, 5) is 70.9. The van der Waals surface area contributed by atoms with Crippen molar-refractivity contribution in [3.05, 3.63) is 0 Å². The van der Waals surface area contributed by atoms with Crippen molar-refractivity contribution < 1.29 is 61.9 Å². The van der Waals surface area contributed by atoms with Crippen LogP contribution in [0.1, 0.15) is 183 Å². The van der Waals surface area contributed by atoms with Crippen molar-refractivity contribution in [3.8, 4) is 0 Å². The van der Waals surface area contributed by atoms with Crippen LogP contribution in [0.4, 0.5) is 0 Å². The van der Waals surface area contributed by atoms with Crippen LogP contribution in [0.5, 0.6) is 0 Å². The Kier molecular flexibility index (Phi) is 28.2. The zero-order valence-corrected chi connectivity index (χ0v) is 34.7. The molecule has 0 spiro atoms. The second-order valence-electron chi connectivity index (χ2n) is 14.9. The van der Waals surface area contributed by atoms with Crippen molar-refractivity contribution in [1.29, 1.82) is 0 Å². The van der Waals surface area contributed by atoms with Crippen LogP contribution in [0.25, 0.3) is 0 Å². The molecule has 0 N–H and O–H groups in total. The van der Waals surface area contributed by atoms with E-state index in [0.717, 1.165) is 52.9 Å². The molecule has 0 aromatic heterocycles. The van der Waals surface area contributed by atoms with Gasteiger partial charge in [-0.15, -0.1) is 0 Å². The fourth-order valence-corrected chi connectivity index (χ4v) is 6.84. The Morgan fingerprint density at radius 3 is 1.35 bits per heavy atom. The van der Waals surface area contributed by atoms with E-state index in [4.69, 9.17) is 33.2 Å². The monoisotopic (exact) mass is 784 g/mol. The molecular formula is C42H72O13. The Morgan fingerprint density at radius 2 is 0.909 bits per heavy atom. The fourth-order valence-electron chi connectivity index (χ4n) is 6.84. The zero-order chi connectivity index (χ0) is 40.8. The molecule has 1 heterocycles. The van der Waals surface area contributed by atoms with Gasteiger partial charge >= 0.3 is 29.8 Å². The molecule has 0 unspecified atom stereocenters. The Labute approximate surface area is 329 Å². The van der Waals surface area contributed by atoms with E-state index in [-0.39, 0.29) is 37.5 Å². The highest BCUT2D eigenvalue weighted by atomic mass is 16.7. The first kappa shape index (κ1) is 50.0. The summed E-state index contributed by atoms with van der Waals surface area (Å²) >= 11 is 0. The molecule has 1 aliphatic heterocycles. The Balaban J connectivity index is 2.17. The van der Waals surface area contributed by atoms with Gasteiger partial charge < -0.3 is 33.2 Å². The van der Waals surface area contributed by atoms with E-state index in [1.54, 1.807) is 0 Å². The lowest BCUT2D eigenvalue weighted by molar-refractivity contribution is -0.307. The van der Waals surface area contributed by atoms with Gasteiger partial charge in [0.2, 0.25) is 0 Å². The summed E-state index contributed by atoms with van der Waals surface area (Å²) in [5, 5.41) is 0. The van der Waals surface area contributed by atoms with Crippen molar-refractivity contribution in [2.45, 2.75) is 220 Å². The van der Waals surface area contributed by atoms with Crippen LogP contribution >= 0.6 is 0 Å². The van der Waals surface area contributed by atoms with E-state index >= 15 is 0 Å². The third kappa shape index (κ3) is 26.4. The van der Waals surface area contributed by atoms with Gasteiger partial charge in [0.05, 0.1) is 12.7 Å². The quantitative estimate of drug-likeness (QED) is 0.0364. The summed E-state index contributed by atoms with van der Waals surface area (Å²) < 4.78 is 38.1. The van der Waals surface area contributed by atoms with Gasteiger partial charge in [-0.05, 0) is 26.2 Å². The highest BCUT2D eigenvalue weighted by Gasteiger charge is 2.52. The predicted octanol–water partition coefficient (Wildman–Crippen LogP) is 8.19. The largest absolute Gasteiger partial charge is 0.463 e. The summed E-state index contributed by atoms with van der Waals surface area (Å²) in [5.74, 6) is -2.92. The number of unbranched alkanes of at least 4 members (excludes halogenated alkanes) is 18. The molecule has 1 fully saturated rings. The molecular weight excluding hydrogens is 712 g/mol. The average Bonchev–Trinajstić information content (AvgIpc) is 3.09. The number of Topliss-reactive ketones (excluding diaryl/α,β-unsaturated/α-hetero) is 1. The minimum atomic E-state index is -1.31. The smallest absolute Gasteiger partial charge is 0.303 e. The number of hydrogen-bond donors (Lipinski definition) is 0. The third-order valence-corrected chi connectivity index (χ3v) is 9.54. The van der Waals surface area contributed by atoms with E-state index in [0.29, 0.717) is 6.42 Å². The normalized spacial score (nSPS) is 19.9. The van der Waals surface area contributed by atoms with Crippen LogP contribution in [0, 0.1) is 0 Å². The molecule has 0 aromatic carbocycles. The third-order valence-electron chi connectivity index (χ3n) is 9.54.